The normalized spacial score (nSPS) is 20.3. The van der Waals surface area contributed by atoms with Crippen LogP contribution in [0.3, 0.4) is 0 Å². The molecule has 0 radical (unpaired) electrons. The Kier molecular flexibility index (Phi) is 6.99. The van der Waals surface area contributed by atoms with Crippen molar-refractivity contribution < 1.29 is 18.4 Å². The number of nitrogens with zero attached hydrogens (tertiary/aromatic N) is 3. The Balaban J connectivity index is 2.12. The van der Waals surface area contributed by atoms with E-state index in [0.29, 0.717) is 13.0 Å². The van der Waals surface area contributed by atoms with Crippen molar-refractivity contribution in [1.29, 1.82) is 0 Å². The van der Waals surface area contributed by atoms with Gasteiger partial charge in [0.05, 0.1) is 17.4 Å². The second-order valence-electron chi connectivity index (χ2n) is 6.57. The Hall–Kier alpha value is -3.34. The summed E-state index contributed by atoms with van der Waals surface area (Å²) in [5.74, 6) is -2.06. The molecule has 0 saturated carbocycles. The minimum atomic E-state index is -0.877. The van der Waals surface area contributed by atoms with Crippen molar-refractivity contribution in [2.75, 3.05) is 30.3 Å². The van der Waals surface area contributed by atoms with E-state index in [2.05, 4.69) is 15.3 Å². The van der Waals surface area contributed by atoms with Crippen LogP contribution in [0, 0.1) is 0 Å². The van der Waals surface area contributed by atoms with Crippen LogP contribution in [0.4, 0.5) is 20.4 Å². The smallest absolute Gasteiger partial charge is 0.256 e. The van der Waals surface area contributed by atoms with E-state index in [1.54, 1.807) is 4.90 Å². The molecule has 1 aromatic rings. The SMILES string of the molecule is C\C=C(F)/C(=C\C=C\F)C(=O)NCC1(N)CCN(c2ncnc(N)c2C(N)=O)C1. The van der Waals surface area contributed by atoms with E-state index in [0.717, 1.165) is 18.2 Å². The number of anilines is 2. The van der Waals surface area contributed by atoms with Gasteiger partial charge in [0.1, 0.15) is 29.4 Å². The van der Waals surface area contributed by atoms with Gasteiger partial charge in [-0.15, -0.1) is 0 Å². The van der Waals surface area contributed by atoms with Crippen LogP contribution in [-0.4, -0.2) is 47.0 Å². The first kappa shape index (κ1) is 22.0. The number of carbonyl (C=O) groups excluding carboxylic acids is 2. The number of hydrogen-bond donors (Lipinski definition) is 4. The number of amides is 2. The Bertz CT molecular complexity index is 885. The summed E-state index contributed by atoms with van der Waals surface area (Å²) in [5, 5.41) is 2.56. The fraction of sp³-hybridized carbons (Fsp3) is 0.333. The minimum Gasteiger partial charge on any atom is -0.383 e. The van der Waals surface area contributed by atoms with Crippen LogP contribution >= 0.6 is 0 Å². The van der Waals surface area contributed by atoms with Gasteiger partial charge in [0.15, 0.2) is 0 Å². The Morgan fingerprint density at radius 3 is 2.76 bits per heavy atom. The van der Waals surface area contributed by atoms with Crippen molar-refractivity contribution >= 4 is 23.5 Å². The molecule has 1 saturated heterocycles. The molecule has 9 nitrogen and oxygen atoms in total. The molecule has 1 unspecified atom stereocenters. The van der Waals surface area contributed by atoms with Crippen molar-refractivity contribution in [3.05, 3.63) is 47.8 Å². The Morgan fingerprint density at radius 1 is 1.41 bits per heavy atom. The number of aromatic nitrogens is 2. The second kappa shape index (κ2) is 9.24. The van der Waals surface area contributed by atoms with E-state index in [1.165, 1.54) is 13.3 Å². The number of nitrogens with one attached hydrogen (secondary N) is 1. The molecule has 1 fully saturated rings. The third kappa shape index (κ3) is 5.13. The highest BCUT2D eigenvalue weighted by Gasteiger charge is 2.37. The van der Waals surface area contributed by atoms with Crippen molar-refractivity contribution in [3.63, 3.8) is 0 Å². The maximum Gasteiger partial charge on any atom is 0.256 e. The third-order valence-electron chi connectivity index (χ3n) is 4.48. The number of carbonyl (C=O) groups is 2. The average Bonchev–Trinajstić information content (AvgIpc) is 3.08. The molecule has 2 rings (SSSR count). The molecule has 2 heterocycles. The van der Waals surface area contributed by atoms with Crippen LogP contribution < -0.4 is 27.4 Å². The van der Waals surface area contributed by atoms with Gasteiger partial charge in [0.2, 0.25) is 0 Å². The monoisotopic (exact) mass is 407 g/mol. The largest absolute Gasteiger partial charge is 0.383 e. The molecule has 156 valence electrons. The zero-order valence-electron chi connectivity index (χ0n) is 15.9. The molecule has 1 aliphatic heterocycles. The minimum absolute atomic E-state index is 0.000770. The van der Waals surface area contributed by atoms with E-state index >= 15 is 0 Å². The zero-order chi connectivity index (χ0) is 21.6. The lowest BCUT2D eigenvalue weighted by molar-refractivity contribution is -0.117. The van der Waals surface area contributed by atoms with Crippen LogP contribution in [0.5, 0.6) is 0 Å². The van der Waals surface area contributed by atoms with Gasteiger partial charge in [-0.25, -0.2) is 18.7 Å². The van der Waals surface area contributed by atoms with E-state index in [9.17, 15) is 18.4 Å². The topological polar surface area (TPSA) is 153 Å². The zero-order valence-corrected chi connectivity index (χ0v) is 15.9. The number of primary amides is 1. The van der Waals surface area contributed by atoms with E-state index in [-0.39, 0.29) is 42.2 Å². The van der Waals surface area contributed by atoms with Gasteiger partial charge in [-0.1, -0.05) is 6.08 Å². The van der Waals surface area contributed by atoms with Crippen molar-refractivity contribution in [1.82, 2.24) is 15.3 Å². The van der Waals surface area contributed by atoms with Gasteiger partial charge in [-0.2, -0.15) is 0 Å². The summed E-state index contributed by atoms with van der Waals surface area (Å²) in [6.45, 7) is 2.10. The predicted octanol–water partition coefficient (Wildman–Crippen LogP) is 0.464. The van der Waals surface area contributed by atoms with Crippen LogP contribution in [-0.2, 0) is 4.79 Å². The number of nitrogen functional groups attached to an aromatic ring is 1. The Labute approximate surface area is 166 Å². The van der Waals surface area contributed by atoms with Crippen LogP contribution in [0.2, 0.25) is 0 Å². The van der Waals surface area contributed by atoms with Gasteiger partial charge < -0.3 is 27.4 Å². The molecule has 0 aromatic carbocycles. The molecular formula is C18H23F2N7O2. The number of allylic oxidation sites excluding steroid dienone is 3. The first-order chi connectivity index (χ1) is 13.7. The predicted molar refractivity (Wildman–Crippen MR) is 105 cm³/mol. The maximum absolute atomic E-state index is 13.9. The van der Waals surface area contributed by atoms with Gasteiger partial charge in [0.25, 0.3) is 11.8 Å². The lowest BCUT2D eigenvalue weighted by Crippen LogP contribution is -2.52. The van der Waals surface area contributed by atoms with E-state index < -0.39 is 23.2 Å². The summed E-state index contributed by atoms with van der Waals surface area (Å²) in [7, 11) is 0. The summed E-state index contributed by atoms with van der Waals surface area (Å²) in [6, 6.07) is 0. The quantitative estimate of drug-likeness (QED) is 0.378. The van der Waals surface area contributed by atoms with Crippen LogP contribution in [0.1, 0.15) is 23.7 Å². The molecule has 1 aliphatic rings. The maximum atomic E-state index is 13.9. The van der Waals surface area contributed by atoms with Gasteiger partial charge in [-0.3, -0.25) is 9.59 Å². The summed E-state index contributed by atoms with van der Waals surface area (Å²) >= 11 is 0. The number of nitrogens with two attached hydrogens (primary N) is 3. The molecule has 0 bridgehead atoms. The molecule has 0 aliphatic carbocycles. The number of halogens is 2. The first-order valence-corrected chi connectivity index (χ1v) is 8.74. The summed E-state index contributed by atoms with van der Waals surface area (Å²) in [5.41, 5.74) is 16.3. The van der Waals surface area contributed by atoms with Crippen molar-refractivity contribution in [3.8, 4) is 0 Å². The molecule has 2 amide bonds. The third-order valence-corrected chi connectivity index (χ3v) is 4.48. The first-order valence-electron chi connectivity index (χ1n) is 8.74. The summed E-state index contributed by atoms with van der Waals surface area (Å²) in [6.07, 6.45) is 4.89. The molecule has 7 N–H and O–H groups in total. The molecule has 29 heavy (non-hydrogen) atoms. The molecular weight excluding hydrogens is 384 g/mol. The highest BCUT2D eigenvalue weighted by atomic mass is 19.1. The lowest BCUT2D eigenvalue weighted by Gasteiger charge is -2.26. The van der Waals surface area contributed by atoms with E-state index in [4.69, 9.17) is 17.2 Å². The molecule has 11 heteroatoms. The van der Waals surface area contributed by atoms with E-state index in [1.807, 2.05) is 0 Å². The number of rotatable bonds is 7. The summed E-state index contributed by atoms with van der Waals surface area (Å²) in [4.78, 5) is 33.6. The van der Waals surface area contributed by atoms with Crippen molar-refractivity contribution in [2.24, 2.45) is 11.5 Å². The van der Waals surface area contributed by atoms with Crippen molar-refractivity contribution in [2.45, 2.75) is 18.9 Å². The molecule has 0 spiro atoms. The fourth-order valence-electron chi connectivity index (χ4n) is 2.99. The fourth-order valence-corrected chi connectivity index (χ4v) is 2.99. The van der Waals surface area contributed by atoms with Crippen LogP contribution in [0.15, 0.2) is 42.3 Å². The van der Waals surface area contributed by atoms with Crippen LogP contribution in [0.25, 0.3) is 0 Å². The van der Waals surface area contributed by atoms with Gasteiger partial charge in [0, 0.05) is 19.6 Å². The number of hydrogen-bond acceptors (Lipinski definition) is 7. The lowest BCUT2D eigenvalue weighted by atomic mass is 10.00. The second-order valence-corrected chi connectivity index (χ2v) is 6.57. The Morgan fingerprint density at radius 2 is 2.14 bits per heavy atom. The highest BCUT2D eigenvalue weighted by Crippen LogP contribution is 2.28. The highest BCUT2D eigenvalue weighted by molar-refractivity contribution is 6.02. The molecule has 1 aromatic heterocycles. The molecule has 1 atom stereocenters. The van der Waals surface area contributed by atoms with Gasteiger partial charge >= 0.3 is 0 Å². The average molecular weight is 407 g/mol. The van der Waals surface area contributed by atoms with Gasteiger partial charge in [-0.05, 0) is 25.5 Å². The standard InChI is InChI=1S/C18H23F2N7O2/c1-2-12(20)11(4-3-6-19)17(29)24-8-18(23)5-7-27(9-18)16-13(15(22)28)14(21)25-10-26-16/h2-4,6,10H,5,7-9,23H2,1H3,(H2,22,28)(H,24,29)(H2,21,25,26)/b6-3+,11-4+,12-2+. The summed E-state index contributed by atoms with van der Waals surface area (Å²) < 4.78 is 26.1.